The minimum atomic E-state index is -0.617. The minimum absolute atomic E-state index is 0.115. The molecule has 27 heavy (non-hydrogen) atoms. The summed E-state index contributed by atoms with van der Waals surface area (Å²) in [6.45, 7) is 6.46. The van der Waals surface area contributed by atoms with Crippen molar-refractivity contribution >= 4 is 28.4 Å². The van der Waals surface area contributed by atoms with Crippen molar-refractivity contribution in [3.8, 4) is 0 Å². The third kappa shape index (κ3) is 2.83. The van der Waals surface area contributed by atoms with Gasteiger partial charge in [-0.25, -0.2) is 0 Å². The van der Waals surface area contributed by atoms with E-state index in [9.17, 15) is 5.11 Å². The first-order chi connectivity index (χ1) is 12.9. The molecule has 138 valence electrons. The van der Waals surface area contributed by atoms with Crippen LogP contribution in [0.1, 0.15) is 25.0 Å². The first-order valence-corrected chi connectivity index (χ1v) is 9.44. The highest BCUT2D eigenvalue weighted by Crippen LogP contribution is 2.44. The Morgan fingerprint density at radius 1 is 1.00 bits per heavy atom. The highest BCUT2D eigenvalue weighted by molar-refractivity contribution is 5.95. The van der Waals surface area contributed by atoms with Crippen molar-refractivity contribution in [2.24, 2.45) is 10.9 Å². The van der Waals surface area contributed by atoms with E-state index in [1.54, 1.807) is 0 Å². The Labute approximate surface area is 161 Å². The van der Waals surface area contributed by atoms with E-state index in [2.05, 4.69) is 63.2 Å². The highest BCUT2D eigenvalue weighted by Gasteiger charge is 2.43. The number of nitrogens with zero attached hydrogens (tertiary/aromatic N) is 2. The van der Waals surface area contributed by atoms with Crippen molar-refractivity contribution in [1.82, 2.24) is 0 Å². The van der Waals surface area contributed by atoms with Crippen molar-refractivity contribution in [2.75, 3.05) is 11.9 Å². The summed E-state index contributed by atoms with van der Waals surface area (Å²) >= 11 is 0. The molecule has 1 heterocycles. The molecule has 3 aromatic carbocycles. The lowest BCUT2D eigenvalue weighted by Crippen LogP contribution is -2.51. The lowest BCUT2D eigenvalue weighted by atomic mass is 9.69. The number of aliphatic hydroxyl groups is 1. The van der Waals surface area contributed by atoms with E-state index in [4.69, 9.17) is 4.99 Å². The molecule has 0 bridgehead atoms. The molecule has 3 aromatic rings. The number of benzene rings is 3. The van der Waals surface area contributed by atoms with Crippen LogP contribution in [0.2, 0.25) is 0 Å². The van der Waals surface area contributed by atoms with E-state index in [1.807, 2.05) is 36.4 Å². The van der Waals surface area contributed by atoms with Crippen molar-refractivity contribution in [3.63, 3.8) is 0 Å². The van der Waals surface area contributed by atoms with Crippen LogP contribution in [-0.4, -0.2) is 24.6 Å². The maximum absolute atomic E-state index is 11.0. The van der Waals surface area contributed by atoms with Crippen molar-refractivity contribution < 1.29 is 5.11 Å². The number of anilines is 1. The van der Waals surface area contributed by atoms with Crippen LogP contribution in [0.3, 0.4) is 0 Å². The van der Waals surface area contributed by atoms with E-state index in [0.717, 1.165) is 22.3 Å². The van der Waals surface area contributed by atoms with E-state index in [1.165, 1.54) is 10.9 Å². The second-order valence-corrected chi connectivity index (χ2v) is 8.02. The number of aliphatic hydroxyl groups excluding tert-OH is 1. The SMILES string of the molecule is Cc1ccc2ccccc2c1N=CC1C(O)N(C)c2ccccc2C1(C)C. The summed E-state index contributed by atoms with van der Waals surface area (Å²) in [5.74, 6) is -0.115. The topological polar surface area (TPSA) is 35.8 Å². The smallest absolute Gasteiger partial charge is 0.135 e. The molecule has 0 fully saturated rings. The van der Waals surface area contributed by atoms with Crippen LogP contribution in [0.15, 0.2) is 65.7 Å². The van der Waals surface area contributed by atoms with Gasteiger partial charge in [-0.2, -0.15) is 0 Å². The lowest BCUT2D eigenvalue weighted by Gasteiger charge is -2.46. The Hall–Kier alpha value is -2.65. The molecule has 3 heteroatoms. The Morgan fingerprint density at radius 3 is 2.52 bits per heavy atom. The minimum Gasteiger partial charge on any atom is -0.373 e. The molecule has 2 atom stereocenters. The van der Waals surface area contributed by atoms with Crippen LogP contribution in [0.25, 0.3) is 10.8 Å². The summed E-state index contributed by atoms with van der Waals surface area (Å²) in [7, 11) is 1.95. The number of hydrogen-bond donors (Lipinski definition) is 1. The van der Waals surface area contributed by atoms with Crippen LogP contribution in [0.5, 0.6) is 0 Å². The molecule has 0 radical (unpaired) electrons. The van der Waals surface area contributed by atoms with Gasteiger partial charge < -0.3 is 10.0 Å². The molecule has 0 saturated carbocycles. The molecule has 4 rings (SSSR count). The summed E-state index contributed by atoms with van der Waals surface area (Å²) in [5.41, 5.74) is 4.23. The van der Waals surface area contributed by atoms with Gasteiger partial charge in [-0.05, 0) is 29.5 Å². The van der Waals surface area contributed by atoms with Crippen LogP contribution in [-0.2, 0) is 5.41 Å². The summed E-state index contributed by atoms with van der Waals surface area (Å²) in [6.07, 6.45) is 1.33. The zero-order valence-electron chi connectivity index (χ0n) is 16.3. The number of aryl methyl sites for hydroxylation is 1. The monoisotopic (exact) mass is 358 g/mol. The number of aliphatic imine (C=N–C) groups is 1. The Kier molecular flexibility index (Phi) is 4.27. The fraction of sp³-hybridized carbons (Fsp3) is 0.292. The van der Waals surface area contributed by atoms with E-state index in [0.29, 0.717) is 0 Å². The summed E-state index contributed by atoms with van der Waals surface area (Å²) in [6, 6.07) is 20.9. The standard InChI is InChI=1S/C24H26N2O/c1-16-13-14-17-9-5-6-10-18(17)22(16)25-15-20-23(27)26(4)21-12-8-7-11-19(21)24(20,2)3/h5-15,20,23,27H,1-4H3. The van der Waals surface area contributed by atoms with E-state index >= 15 is 0 Å². The fourth-order valence-corrected chi connectivity index (χ4v) is 4.22. The van der Waals surface area contributed by atoms with Gasteiger partial charge in [0, 0.05) is 35.7 Å². The summed E-state index contributed by atoms with van der Waals surface area (Å²) in [5, 5.41) is 13.3. The van der Waals surface area contributed by atoms with Gasteiger partial charge in [-0.15, -0.1) is 0 Å². The van der Waals surface area contributed by atoms with E-state index < -0.39 is 6.23 Å². The second kappa shape index (κ2) is 6.50. The van der Waals surface area contributed by atoms with Gasteiger partial charge in [0.1, 0.15) is 6.23 Å². The Bertz CT molecular complexity index is 1020. The molecule has 0 saturated heterocycles. The van der Waals surface area contributed by atoms with Gasteiger partial charge in [0.2, 0.25) is 0 Å². The van der Waals surface area contributed by atoms with Crippen LogP contribution in [0, 0.1) is 12.8 Å². The molecule has 0 aromatic heterocycles. The molecular weight excluding hydrogens is 332 g/mol. The fourth-order valence-electron chi connectivity index (χ4n) is 4.22. The Balaban J connectivity index is 1.80. The van der Waals surface area contributed by atoms with Crippen molar-refractivity contribution in [1.29, 1.82) is 0 Å². The predicted molar refractivity (Wildman–Crippen MR) is 114 cm³/mol. The van der Waals surface area contributed by atoms with E-state index in [-0.39, 0.29) is 11.3 Å². The Morgan fingerprint density at radius 2 is 1.70 bits per heavy atom. The van der Waals surface area contributed by atoms with Crippen molar-refractivity contribution in [3.05, 3.63) is 71.8 Å². The molecule has 1 N–H and O–H groups in total. The average molecular weight is 358 g/mol. The summed E-state index contributed by atoms with van der Waals surface area (Å²) in [4.78, 5) is 6.85. The van der Waals surface area contributed by atoms with Crippen LogP contribution < -0.4 is 4.90 Å². The van der Waals surface area contributed by atoms with Gasteiger partial charge >= 0.3 is 0 Å². The van der Waals surface area contributed by atoms with Crippen LogP contribution in [0.4, 0.5) is 11.4 Å². The predicted octanol–water partition coefficient (Wildman–Crippen LogP) is 5.21. The van der Waals surface area contributed by atoms with Gasteiger partial charge in [-0.1, -0.05) is 68.4 Å². The van der Waals surface area contributed by atoms with Gasteiger partial charge in [0.25, 0.3) is 0 Å². The highest BCUT2D eigenvalue weighted by atomic mass is 16.3. The maximum atomic E-state index is 11.0. The third-order valence-corrected chi connectivity index (χ3v) is 6.00. The molecule has 0 aliphatic carbocycles. The largest absolute Gasteiger partial charge is 0.373 e. The molecule has 3 nitrogen and oxygen atoms in total. The molecule has 0 spiro atoms. The molecule has 0 amide bonds. The normalized spacial score (nSPS) is 21.6. The lowest BCUT2D eigenvalue weighted by molar-refractivity contribution is 0.0975. The zero-order valence-corrected chi connectivity index (χ0v) is 16.3. The zero-order chi connectivity index (χ0) is 19.2. The second-order valence-electron chi connectivity index (χ2n) is 8.02. The first-order valence-electron chi connectivity index (χ1n) is 9.44. The third-order valence-electron chi connectivity index (χ3n) is 6.00. The van der Waals surface area contributed by atoms with Gasteiger partial charge in [0.05, 0.1) is 5.69 Å². The molecule has 1 aliphatic rings. The average Bonchev–Trinajstić information content (AvgIpc) is 2.67. The van der Waals surface area contributed by atoms with Gasteiger partial charge in [0.15, 0.2) is 0 Å². The first kappa shape index (κ1) is 17.7. The van der Waals surface area contributed by atoms with Crippen LogP contribution >= 0.6 is 0 Å². The number of fused-ring (bicyclic) bond motifs is 2. The maximum Gasteiger partial charge on any atom is 0.135 e. The number of para-hydroxylation sites is 1. The number of rotatable bonds is 2. The molecular formula is C24H26N2O. The quantitative estimate of drug-likeness (QED) is 0.638. The van der Waals surface area contributed by atoms with Gasteiger partial charge in [-0.3, -0.25) is 4.99 Å². The van der Waals surface area contributed by atoms with Crippen molar-refractivity contribution in [2.45, 2.75) is 32.4 Å². The molecule has 2 unspecified atom stereocenters. The molecule has 1 aliphatic heterocycles. The number of hydrogen-bond acceptors (Lipinski definition) is 3. The summed E-state index contributed by atoms with van der Waals surface area (Å²) < 4.78 is 0.